The van der Waals surface area contributed by atoms with Gasteiger partial charge in [-0.25, -0.2) is 30.2 Å². The molecule has 18 heavy (non-hydrogen) atoms. The Kier molecular flexibility index (Phi) is 12.8. The van der Waals surface area contributed by atoms with E-state index in [-0.39, 0.29) is 51.0 Å². The fourth-order valence-corrected chi connectivity index (χ4v) is 2.30. The maximum atomic E-state index is 2.99. The average molecular weight is 360 g/mol. The molecule has 0 N–H and O–H groups in total. The molecule has 0 aromatic heterocycles. The monoisotopic (exact) mass is 358 g/mol. The summed E-state index contributed by atoms with van der Waals surface area (Å²) in [6.07, 6.45) is 21.8. The van der Waals surface area contributed by atoms with Gasteiger partial charge in [0.25, 0.3) is 0 Å². The van der Waals surface area contributed by atoms with Crippen molar-refractivity contribution in [2.75, 3.05) is 0 Å². The summed E-state index contributed by atoms with van der Waals surface area (Å²) in [5, 5.41) is 0. The minimum Gasteiger partial charge on any atom is -1.00 e. The predicted octanol–water partition coefficient (Wildman–Crippen LogP) is -1.96. The summed E-state index contributed by atoms with van der Waals surface area (Å²) in [6, 6.07) is 0. The number of fused-ring (bicyclic) bond motifs is 1. The molecule has 0 nitrogen and oxygen atoms in total. The number of allylic oxidation sites excluding steroid dienone is 8. The van der Waals surface area contributed by atoms with Crippen LogP contribution in [-0.2, 0) is 26.2 Å². The smallest absolute Gasteiger partial charge is 1.00 e. The third-order valence-electron chi connectivity index (χ3n) is 3.04. The van der Waals surface area contributed by atoms with Crippen molar-refractivity contribution >= 4 is 0 Å². The van der Waals surface area contributed by atoms with Crippen LogP contribution in [0.25, 0.3) is 0 Å². The molecule has 0 saturated heterocycles. The molecule has 3 aliphatic rings. The standard InChI is InChI=1S/C10H13.C5H5.2ClH.Zr/c1-8-6-9-4-2-3-5-10(9)7-8;1-2-4-5-3-1;;;/h2-4,6,8,10H,5,7H2,1H3;1-3H,4H2;2*1H;/q2*-1;;;+4/p-2. The van der Waals surface area contributed by atoms with Crippen molar-refractivity contribution in [3.05, 3.63) is 54.5 Å². The summed E-state index contributed by atoms with van der Waals surface area (Å²) in [6.45, 7) is 2.30. The summed E-state index contributed by atoms with van der Waals surface area (Å²) >= 11 is 0. The molecule has 0 aromatic carbocycles. The van der Waals surface area contributed by atoms with Crippen LogP contribution in [0.2, 0.25) is 0 Å². The van der Waals surface area contributed by atoms with Crippen LogP contribution in [0.5, 0.6) is 0 Å². The molecule has 3 heteroatoms. The Morgan fingerprint density at radius 1 is 1.22 bits per heavy atom. The SMILES string of the molecule is CC1[CH-]C2=CC=CCC2C1.[C-]1=CC=CC1.[Cl-].[Cl-].[Zr+4]. The molecule has 1 saturated carbocycles. The summed E-state index contributed by atoms with van der Waals surface area (Å²) in [4.78, 5) is 0. The molecule has 2 atom stereocenters. The Bertz CT molecular complexity index is 319. The van der Waals surface area contributed by atoms with Gasteiger partial charge in [0.2, 0.25) is 0 Å². The molecule has 96 valence electrons. The molecular formula is C15H18Cl2Zr. The van der Waals surface area contributed by atoms with Gasteiger partial charge in [-0.1, -0.05) is 19.3 Å². The van der Waals surface area contributed by atoms with E-state index in [4.69, 9.17) is 0 Å². The van der Waals surface area contributed by atoms with E-state index in [1.807, 2.05) is 12.2 Å². The van der Waals surface area contributed by atoms with E-state index >= 15 is 0 Å². The molecular weight excluding hydrogens is 342 g/mol. The van der Waals surface area contributed by atoms with Gasteiger partial charge in [0, 0.05) is 0 Å². The van der Waals surface area contributed by atoms with Crippen molar-refractivity contribution in [1.82, 2.24) is 0 Å². The third kappa shape index (κ3) is 6.46. The summed E-state index contributed by atoms with van der Waals surface area (Å²) in [7, 11) is 0. The Morgan fingerprint density at radius 2 is 2.00 bits per heavy atom. The normalized spacial score (nSPS) is 25.3. The second-order valence-electron chi connectivity index (χ2n) is 4.41. The van der Waals surface area contributed by atoms with Crippen molar-refractivity contribution in [2.45, 2.75) is 26.2 Å². The first-order valence-electron chi connectivity index (χ1n) is 5.79. The maximum absolute atomic E-state index is 2.99. The molecule has 2 unspecified atom stereocenters. The molecule has 0 heterocycles. The molecule has 1 fully saturated rings. The van der Waals surface area contributed by atoms with Crippen LogP contribution in [0.15, 0.2) is 42.0 Å². The van der Waals surface area contributed by atoms with Crippen molar-refractivity contribution in [2.24, 2.45) is 11.8 Å². The minimum atomic E-state index is 0. The second kappa shape index (κ2) is 11.1. The Hall–Kier alpha value is 0.293. The Morgan fingerprint density at radius 3 is 2.50 bits per heavy atom. The first-order chi connectivity index (χ1) is 7.36. The van der Waals surface area contributed by atoms with Gasteiger partial charge < -0.3 is 24.8 Å². The van der Waals surface area contributed by atoms with Crippen LogP contribution in [0.4, 0.5) is 0 Å². The van der Waals surface area contributed by atoms with Gasteiger partial charge in [0.05, 0.1) is 0 Å². The number of halogens is 2. The van der Waals surface area contributed by atoms with Crippen LogP contribution < -0.4 is 24.8 Å². The van der Waals surface area contributed by atoms with E-state index in [1.54, 1.807) is 5.57 Å². The molecule has 0 radical (unpaired) electrons. The summed E-state index contributed by atoms with van der Waals surface area (Å²) in [5.41, 5.74) is 1.58. The van der Waals surface area contributed by atoms with Crippen molar-refractivity contribution in [3.8, 4) is 0 Å². The topological polar surface area (TPSA) is 0 Å². The van der Waals surface area contributed by atoms with Crippen LogP contribution in [0.1, 0.15) is 26.2 Å². The van der Waals surface area contributed by atoms with Crippen LogP contribution >= 0.6 is 0 Å². The fourth-order valence-electron chi connectivity index (χ4n) is 2.30. The number of hydrogen-bond acceptors (Lipinski definition) is 0. The molecule has 0 amide bonds. The van der Waals surface area contributed by atoms with Gasteiger partial charge in [-0.15, -0.1) is 18.6 Å². The third-order valence-corrected chi connectivity index (χ3v) is 3.04. The predicted molar refractivity (Wildman–Crippen MR) is 65.0 cm³/mol. The molecule has 0 aromatic rings. The van der Waals surface area contributed by atoms with E-state index < -0.39 is 0 Å². The van der Waals surface area contributed by atoms with E-state index in [1.165, 1.54) is 12.8 Å². The van der Waals surface area contributed by atoms with E-state index in [2.05, 4.69) is 43.7 Å². The zero-order valence-corrected chi connectivity index (χ0v) is 14.5. The van der Waals surface area contributed by atoms with Crippen molar-refractivity contribution in [3.63, 3.8) is 0 Å². The van der Waals surface area contributed by atoms with Gasteiger partial charge >= 0.3 is 26.2 Å². The second-order valence-corrected chi connectivity index (χ2v) is 4.41. The van der Waals surface area contributed by atoms with Crippen LogP contribution in [-0.4, -0.2) is 0 Å². The molecule has 3 rings (SSSR count). The summed E-state index contributed by atoms with van der Waals surface area (Å²) < 4.78 is 0. The van der Waals surface area contributed by atoms with Crippen molar-refractivity contribution in [1.29, 1.82) is 0 Å². The maximum Gasteiger partial charge on any atom is 4.00 e. The molecule has 0 spiro atoms. The number of rotatable bonds is 0. The van der Waals surface area contributed by atoms with Crippen LogP contribution in [0.3, 0.4) is 0 Å². The van der Waals surface area contributed by atoms with Gasteiger partial charge in [0.1, 0.15) is 0 Å². The van der Waals surface area contributed by atoms with Crippen molar-refractivity contribution < 1.29 is 51.0 Å². The average Bonchev–Trinajstić information content (AvgIpc) is 2.87. The molecule has 0 bridgehead atoms. The first kappa shape index (κ1) is 20.6. The van der Waals surface area contributed by atoms with E-state index in [0.717, 1.165) is 18.3 Å². The number of hydrogen-bond donors (Lipinski definition) is 0. The zero-order valence-electron chi connectivity index (χ0n) is 10.6. The molecule has 3 aliphatic carbocycles. The zero-order chi connectivity index (χ0) is 10.5. The molecule has 0 aliphatic heterocycles. The minimum absolute atomic E-state index is 0. The fraction of sp³-hybridized carbons (Fsp3) is 0.400. The van der Waals surface area contributed by atoms with E-state index in [9.17, 15) is 0 Å². The van der Waals surface area contributed by atoms with Gasteiger partial charge in [-0.3, -0.25) is 6.08 Å². The first-order valence-corrected chi connectivity index (χ1v) is 5.79. The quantitative estimate of drug-likeness (QED) is 0.441. The van der Waals surface area contributed by atoms with E-state index in [0.29, 0.717) is 0 Å². The summed E-state index contributed by atoms with van der Waals surface area (Å²) in [5.74, 6) is 1.68. The Labute approximate surface area is 143 Å². The van der Waals surface area contributed by atoms with Gasteiger partial charge in [-0.2, -0.15) is 6.08 Å². The largest absolute Gasteiger partial charge is 4.00 e. The van der Waals surface area contributed by atoms with Crippen LogP contribution in [0, 0.1) is 24.3 Å². The van der Waals surface area contributed by atoms with Gasteiger partial charge in [-0.05, 0) is 12.3 Å². The van der Waals surface area contributed by atoms with Gasteiger partial charge in [0.15, 0.2) is 0 Å². The Balaban J connectivity index is 0.